The predicted octanol–water partition coefficient (Wildman–Crippen LogP) is 1.31. The van der Waals surface area contributed by atoms with Crippen molar-refractivity contribution >= 4 is 17.4 Å². The number of hydrogen-bond acceptors (Lipinski definition) is 3. The molecule has 0 unspecified atom stereocenters. The van der Waals surface area contributed by atoms with Crippen LogP contribution in [0.5, 0.6) is 0 Å². The minimum atomic E-state index is -0.164. The number of para-hydroxylation sites is 1. The molecule has 1 aliphatic carbocycles. The number of amides is 1. The van der Waals surface area contributed by atoms with E-state index >= 15 is 0 Å². The van der Waals surface area contributed by atoms with E-state index in [1.807, 2.05) is 17.0 Å². The number of fused-ring (bicyclic) bond motifs is 1. The average Bonchev–Trinajstić information content (AvgIpc) is 3.07. The van der Waals surface area contributed by atoms with Gasteiger partial charge < -0.3 is 10.2 Å². The van der Waals surface area contributed by atoms with Crippen LogP contribution in [0.3, 0.4) is 0 Å². The molecule has 0 radical (unpaired) electrons. The molecule has 1 amide bonds. The third kappa shape index (κ3) is 0.993. The van der Waals surface area contributed by atoms with E-state index in [1.165, 1.54) is 5.56 Å². The SMILES string of the molecule is O=C1C[C@H]2Nc3ccccc3[C@]23CC(=O)N2CC[C@H]1[C@@H]23. The van der Waals surface area contributed by atoms with Crippen LogP contribution in [0, 0.1) is 5.92 Å². The summed E-state index contributed by atoms with van der Waals surface area (Å²) in [4.78, 5) is 26.8. The number of benzene rings is 1. The van der Waals surface area contributed by atoms with Crippen LogP contribution in [-0.2, 0) is 15.0 Å². The van der Waals surface area contributed by atoms with Gasteiger partial charge in [-0.1, -0.05) is 18.2 Å². The Labute approximate surface area is 117 Å². The van der Waals surface area contributed by atoms with Crippen LogP contribution < -0.4 is 5.32 Å². The normalized spacial score (nSPS) is 40.4. The lowest BCUT2D eigenvalue weighted by atomic mass is 9.61. The summed E-state index contributed by atoms with van der Waals surface area (Å²) >= 11 is 0. The summed E-state index contributed by atoms with van der Waals surface area (Å²) in [6.07, 6.45) is 1.99. The molecule has 3 fully saturated rings. The lowest BCUT2D eigenvalue weighted by Crippen LogP contribution is -2.56. The Morgan fingerprint density at radius 1 is 1.25 bits per heavy atom. The van der Waals surface area contributed by atoms with Crippen LogP contribution in [0.2, 0.25) is 0 Å². The largest absolute Gasteiger partial charge is 0.381 e. The number of rotatable bonds is 0. The highest BCUT2D eigenvalue weighted by molar-refractivity contribution is 5.93. The van der Waals surface area contributed by atoms with Gasteiger partial charge >= 0.3 is 0 Å². The Hall–Kier alpha value is -1.84. The molecular formula is C16H16N2O2. The number of carbonyl (C=O) groups excluding carboxylic acids is 2. The first kappa shape index (κ1) is 10.9. The molecule has 3 aliphatic heterocycles. The highest BCUT2D eigenvalue weighted by Crippen LogP contribution is 2.58. The van der Waals surface area contributed by atoms with Crippen molar-refractivity contribution in [3.05, 3.63) is 29.8 Å². The number of Topliss-reactive ketones (excluding diaryl/α,β-unsaturated/α-hetero) is 1. The molecule has 1 aromatic carbocycles. The van der Waals surface area contributed by atoms with Crippen molar-refractivity contribution in [2.75, 3.05) is 11.9 Å². The van der Waals surface area contributed by atoms with Crippen molar-refractivity contribution in [1.29, 1.82) is 0 Å². The Morgan fingerprint density at radius 3 is 3.00 bits per heavy atom. The maximum absolute atomic E-state index is 12.4. The molecular weight excluding hydrogens is 252 g/mol. The fourth-order valence-electron chi connectivity index (χ4n) is 5.19. The second kappa shape index (κ2) is 3.25. The summed E-state index contributed by atoms with van der Waals surface area (Å²) in [5, 5.41) is 3.52. The highest BCUT2D eigenvalue weighted by atomic mass is 16.2. The smallest absolute Gasteiger partial charge is 0.223 e. The first-order valence-electron chi connectivity index (χ1n) is 7.40. The van der Waals surface area contributed by atoms with E-state index in [4.69, 9.17) is 0 Å². The summed E-state index contributed by atoms with van der Waals surface area (Å²) in [6.45, 7) is 0.760. The maximum Gasteiger partial charge on any atom is 0.223 e. The van der Waals surface area contributed by atoms with Crippen LogP contribution in [0.1, 0.15) is 24.8 Å². The van der Waals surface area contributed by atoms with Gasteiger partial charge in [0.05, 0.1) is 6.04 Å². The van der Waals surface area contributed by atoms with Gasteiger partial charge in [-0.05, 0) is 18.1 Å². The van der Waals surface area contributed by atoms with E-state index in [1.54, 1.807) is 0 Å². The number of nitrogens with zero attached hydrogens (tertiary/aromatic N) is 1. The molecule has 1 aromatic rings. The lowest BCUT2D eigenvalue weighted by Gasteiger charge is -2.43. The van der Waals surface area contributed by atoms with E-state index in [-0.39, 0.29) is 29.3 Å². The van der Waals surface area contributed by atoms with Crippen molar-refractivity contribution in [3.63, 3.8) is 0 Å². The van der Waals surface area contributed by atoms with Crippen LogP contribution in [0.15, 0.2) is 24.3 Å². The minimum Gasteiger partial charge on any atom is -0.381 e. The van der Waals surface area contributed by atoms with E-state index < -0.39 is 0 Å². The number of nitrogens with one attached hydrogen (secondary N) is 1. The fraction of sp³-hybridized carbons (Fsp3) is 0.500. The molecule has 4 aliphatic rings. The summed E-state index contributed by atoms with van der Waals surface area (Å²) in [6, 6.07) is 8.47. The fourth-order valence-corrected chi connectivity index (χ4v) is 5.19. The van der Waals surface area contributed by atoms with Gasteiger partial charge in [-0.2, -0.15) is 0 Å². The standard InChI is InChI=1S/C16H16N2O2/c19-12-7-13-16(10-3-1-2-4-11(10)17-13)8-14(20)18-6-5-9(12)15(16)18/h1-4,9,13,15,17H,5-8H2/t9-,13-,15-,16-/m1/s1. The predicted molar refractivity (Wildman–Crippen MR) is 73.4 cm³/mol. The van der Waals surface area contributed by atoms with Crippen molar-refractivity contribution < 1.29 is 9.59 Å². The molecule has 1 saturated carbocycles. The molecule has 2 saturated heterocycles. The number of ketones is 1. The molecule has 1 spiro atoms. The third-order valence-corrected chi connectivity index (χ3v) is 5.89. The first-order valence-corrected chi connectivity index (χ1v) is 7.40. The van der Waals surface area contributed by atoms with Crippen LogP contribution in [0.25, 0.3) is 0 Å². The molecule has 0 bridgehead atoms. The first-order chi connectivity index (χ1) is 9.72. The summed E-state index contributed by atoms with van der Waals surface area (Å²) < 4.78 is 0. The molecule has 102 valence electrons. The van der Waals surface area contributed by atoms with Gasteiger partial charge in [0.15, 0.2) is 0 Å². The topological polar surface area (TPSA) is 49.4 Å². The Kier molecular flexibility index (Phi) is 1.77. The zero-order valence-electron chi connectivity index (χ0n) is 11.1. The van der Waals surface area contributed by atoms with Gasteiger partial charge in [0.2, 0.25) is 5.91 Å². The minimum absolute atomic E-state index is 0.0608. The second-order valence-corrected chi connectivity index (χ2v) is 6.56. The van der Waals surface area contributed by atoms with Gasteiger partial charge in [0.1, 0.15) is 5.78 Å². The summed E-state index contributed by atoms with van der Waals surface area (Å²) in [7, 11) is 0. The molecule has 20 heavy (non-hydrogen) atoms. The quantitative estimate of drug-likeness (QED) is 0.772. The maximum atomic E-state index is 12.4. The van der Waals surface area contributed by atoms with Crippen molar-refractivity contribution in [3.8, 4) is 0 Å². The lowest BCUT2D eigenvalue weighted by molar-refractivity contribution is -0.128. The Morgan fingerprint density at radius 2 is 2.10 bits per heavy atom. The van der Waals surface area contributed by atoms with Gasteiger partial charge in [0, 0.05) is 42.4 Å². The monoisotopic (exact) mass is 268 g/mol. The zero-order valence-corrected chi connectivity index (χ0v) is 11.1. The van der Waals surface area contributed by atoms with Crippen molar-refractivity contribution in [2.24, 2.45) is 5.92 Å². The zero-order chi connectivity index (χ0) is 13.5. The molecule has 4 atom stereocenters. The van der Waals surface area contributed by atoms with Crippen molar-refractivity contribution in [2.45, 2.75) is 36.8 Å². The summed E-state index contributed by atoms with van der Waals surface area (Å²) in [5.74, 6) is 0.634. The van der Waals surface area contributed by atoms with E-state index in [0.29, 0.717) is 18.6 Å². The van der Waals surface area contributed by atoms with Crippen LogP contribution in [-0.4, -0.2) is 35.2 Å². The molecule has 4 nitrogen and oxygen atoms in total. The number of anilines is 1. The van der Waals surface area contributed by atoms with E-state index in [0.717, 1.165) is 18.7 Å². The van der Waals surface area contributed by atoms with Crippen LogP contribution in [0.4, 0.5) is 5.69 Å². The molecule has 3 heterocycles. The summed E-state index contributed by atoms with van der Waals surface area (Å²) in [5.41, 5.74) is 2.21. The highest BCUT2D eigenvalue weighted by Gasteiger charge is 2.67. The van der Waals surface area contributed by atoms with Gasteiger partial charge in [-0.3, -0.25) is 9.59 Å². The van der Waals surface area contributed by atoms with E-state index in [9.17, 15) is 9.59 Å². The van der Waals surface area contributed by atoms with Gasteiger partial charge in [-0.15, -0.1) is 0 Å². The number of hydrogen-bond donors (Lipinski definition) is 1. The van der Waals surface area contributed by atoms with Crippen molar-refractivity contribution in [1.82, 2.24) is 4.90 Å². The van der Waals surface area contributed by atoms with Gasteiger partial charge in [-0.25, -0.2) is 0 Å². The molecule has 5 rings (SSSR count). The third-order valence-electron chi connectivity index (χ3n) is 5.89. The van der Waals surface area contributed by atoms with Gasteiger partial charge in [0.25, 0.3) is 0 Å². The van der Waals surface area contributed by atoms with Crippen LogP contribution >= 0.6 is 0 Å². The molecule has 0 aromatic heterocycles. The second-order valence-electron chi connectivity index (χ2n) is 6.56. The van der Waals surface area contributed by atoms with E-state index in [2.05, 4.69) is 17.4 Å². The Bertz CT molecular complexity index is 656. The number of carbonyl (C=O) groups is 2. The molecule has 4 heteroatoms. The Balaban J connectivity index is 1.78. The average molecular weight is 268 g/mol. The molecule has 1 N–H and O–H groups in total.